The van der Waals surface area contributed by atoms with Crippen LogP contribution in [0.15, 0.2) is 35.4 Å². The molecule has 23 heavy (non-hydrogen) atoms. The maximum Gasteiger partial charge on any atom is 0.250 e. The van der Waals surface area contributed by atoms with Crippen LogP contribution in [0.25, 0.3) is 10.9 Å². The molecule has 0 radical (unpaired) electrons. The first-order chi connectivity index (χ1) is 11.0. The van der Waals surface area contributed by atoms with Gasteiger partial charge in [0.15, 0.2) is 11.5 Å². The van der Waals surface area contributed by atoms with E-state index >= 15 is 0 Å². The number of halogens is 2. The Morgan fingerprint density at radius 2 is 1.96 bits per heavy atom. The van der Waals surface area contributed by atoms with E-state index < -0.39 is 5.56 Å². The molecular weight excluding hydrogens is 341 g/mol. The van der Waals surface area contributed by atoms with Crippen molar-refractivity contribution in [3.63, 3.8) is 0 Å². The molecule has 118 valence electrons. The first-order valence-electron chi connectivity index (χ1n) is 6.50. The summed E-state index contributed by atoms with van der Waals surface area (Å²) in [6.07, 6.45) is 2.87. The number of fused-ring (bicyclic) bond motifs is 1. The van der Waals surface area contributed by atoms with Crippen LogP contribution in [0.5, 0.6) is 11.5 Å². The summed E-state index contributed by atoms with van der Waals surface area (Å²) in [5.74, 6) is 0.1000. The Balaban J connectivity index is 2.22. The molecule has 3 N–H and O–H groups in total. The second-order valence-electron chi connectivity index (χ2n) is 4.69. The number of aromatic amines is 1. The van der Waals surface area contributed by atoms with Gasteiger partial charge in [-0.15, -0.1) is 0 Å². The number of nitrogens with zero attached hydrogens (tertiary/aromatic N) is 1. The number of benzene rings is 1. The number of aromatic nitrogens is 2. The second kappa shape index (κ2) is 5.98. The minimum absolute atomic E-state index is 0.155. The van der Waals surface area contributed by atoms with Crippen LogP contribution in [0.2, 0.25) is 10.0 Å². The maximum atomic E-state index is 11.9. The van der Waals surface area contributed by atoms with E-state index in [1.807, 2.05) is 0 Å². The van der Waals surface area contributed by atoms with Crippen LogP contribution >= 0.6 is 23.2 Å². The SMILES string of the molecule is COc1ccc2c(Nc3c(Cl)cncc3Cl)cc(=O)[nH]c2c1O. The Kier molecular flexibility index (Phi) is 4.02. The molecule has 3 rings (SSSR count). The number of rotatable bonds is 3. The van der Waals surface area contributed by atoms with Gasteiger partial charge in [0.05, 0.1) is 34.0 Å². The van der Waals surface area contributed by atoms with Gasteiger partial charge in [-0.2, -0.15) is 0 Å². The lowest BCUT2D eigenvalue weighted by atomic mass is 10.1. The Bertz CT molecular complexity index is 936. The van der Waals surface area contributed by atoms with E-state index in [1.54, 1.807) is 12.1 Å². The van der Waals surface area contributed by atoms with Gasteiger partial charge in [0.25, 0.3) is 5.56 Å². The molecule has 6 nitrogen and oxygen atoms in total. The molecule has 2 aromatic heterocycles. The van der Waals surface area contributed by atoms with Gasteiger partial charge in [0, 0.05) is 23.8 Å². The highest BCUT2D eigenvalue weighted by Gasteiger charge is 2.14. The average Bonchev–Trinajstić information content (AvgIpc) is 2.52. The smallest absolute Gasteiger partial charge is 0.250 e. The van der Waals surface area contributed by atoms with Gasteiger partial charge in [0.2, 0.25) is 0 Å². The van der Waals surface area contributed by atoms with Gasteiger partial charge >= 0.3 is 0 Å². The number of hydrogen-bond donors (Lipinski definition) is 3. The molecule has 2 heterocycles. The molecule has 0 aliphatic rings. The van der Waals surface area contributed by atoms with Gasteiger partial charge < -0.3 is 20.1 Å². The number of aromatic hydroxyl groups is 1. The number of pyridine rings is 2. The van der Waals surface area contributed by atoms with Crippen LogP contribution in [-0.4, -0.2) is 22.2 Å². The van der Waals surface area contributed by atoms with Crippen molar-refractivity contribution in [3.8, 4) is 11.5 Å². The van der Waals surface area contributed by atoms with Crippen molar-refractivity contribution in [1.82, 2.24) is 9.97 Å². The van der Waals surface area contributed by atoms with E-state index in [9.17, 15) is 9.90 Å². The molecule has 0 saturated carbocycles. The van der Waals surface area contributed by atoms with Gasteiger partial charge in [-0.1, -0.05) is 23.2 Å². The molecule has 0 atom stereocenters. The van der Waals surface area contributed by atoms with Crippen LogP contribution < -0.4 is 15.6 Å². The molecule has 0 unspecified atom stereocenters. The summed E-state index contributed by atoms with van der Waals surface area (Å²) in [6.45, 7) is 0. The normalized spacial score (nSPS) is 10.7. The summed E-state index contributed by atoms with van der Waals surface area (Å²) in [7, 11) is 1.43. The molecule has 0 amide bonds. The van der Waals surface area contributed by atoms with Crippen molar-refractivity contribution in [1.29, 1.82) is 0 Å². The lowest BCUT2D eigenvalue weighted by Crippen LogP contribution is -2.07. The third-order valence-electron chi connectivity index (χ3n) is 3.29. The number of methoxy groups -OCH3 is 1. The average molecular weight is 352 g/mol. The molecule has 3 aromatic rings. The van der Waals surface area contributed by atoms with Gasteiger partial charge in [0.1, 0.15) is 0 Å². The highest BCUT2D eigenvalue weighted by Crippen LogP contribution is 2.38. The molecule has 0 spiro atoms. The van der Waals surface area contributed by atoms with Crippen molar-refractivity contribution in [2.45, 2.75) is 0 Å². The number of H-pyrrole nitrogens is 1. The van der Waals surface area contributed by atoms with Crippen molar-refractivity contribution in [2.75, 3.05) is 12.4 Å². The maximum absolute atomic E-state index is 11.9. The van der Waals surface area contributed by atoms with Crippen LogP contribution in [-0.2, 0) is 0 Å². The number of nitrogens with one attached hydrogen (secondary N) is 2. The zero-order chi connectivity index (χ0) is 16.6. The molecule has 0 bridgehead atoms. The van der Waals surface area contributed by atoms with Crippen molar-refractivity contribution < 1.29 is 9.84 Å². The zero-order valence-electron chi connectivity index (χ0n) is 11.9. The summed E-state index contributed by atoms with van der Waals surface area (Å²) in [4.78, 5) is 18.3. The third kappa shape index (κ3) is 2.78. The predicted molar refractivity (Wildman–Crippen MR) is 90.3 cm³/mol. The minimum atomic E-state index is -0.398. The highest BCUT2D eigenvalue weighted by molar-refractivity contribution is 6.39. The van der Waals surface area contributed by atoms with E-state index in [4.69, 9.17) is 27.9 Å². The van der Waals surface area contributed by atoms with E-state index in [2.05, 4.69) is 15.3 Å². The van der Waals surface area contributed by atoms with Crippen LogP contribution in [0, 0.1) is 0 Å². The summed E-state index contributed by atoms with van der Waals surface area (Å²) in [5, 5.41) is 14.4. The first-order valence-corrected chi connectivity index (χ1v) is 7.26. The van der Waals surface area contributed by atoms with Crippen LogP contribution in [0.1, 0.15) is 0 Å². The zero-order valence-corrected chi connectivity index (χ0v) is 13.4. The summed E-state index contributed by atoms with van der Waals surface area (Å²) < 4.78 is 5.05. The fourth-order valence-corrected chi connectivity index (χ4v) is 2.68. The monoisotopic (exact) mass is 351 g/mol. The fraction of sp³-hybridized carbons (Fsp3) is 0.0667. The molecular formula is C15H11Cl2N3O3. The number of phenols is 1. The highest BCUT2D eigenvalue weighted by atomic mass is 35.5. The molecule has 0 saturated heterocycles. The molecule has 0 aliphatic heterocycles. The third-order valence-corrected chi connectivity index (χ3v) is 3.86. The summed E-state index contributed by atoms with van der Waals surface area (Å²) in [5.41, 5.74) is 0.716. The standard InChI is InChI=1S/C15H11Cl2N3O3/c1-23-11-3-2-7-10(4-12(21)20-13(7)15(11)22)19-14-8(16)5-18-6-9(14)17/h2-6,22H,1H3,(H2,18,19,20,21). The predicted octanol–water partition coefficient (Wildman–Crippen LogP) is 3.69. The van der Waals surface area contributed by atoms with Gasteiger partial charge in [-0.3, -0.25) is 9.78 Å². The minimum Gasteiger partial charge on any atom is -0.503 e. The number of anilines is 2. The van der Waals surface area contributed by atoms with Crippen molar-refractivity contribution in [2.24, 2.45) is 0 Å². The lowest BCUT2D eigenvalue weighted by molar-refractivity contribution is 0.376. The summed E-state index contributed by atoms with van der Waals surface area (Å²) >= 11 is 12.2. The molecule has 1 aromatic carbocycles. The van der Waals surface area contributed by atoms with E-state index in [0.717, 1.165) is 0 Å². The summed E-state index contributed by atoms with van der Waals surface area (Å²) in [6, 6.07) is 4.65. The Hall–Kier alpha value is -2.44. The topological polar surface area (TPSA) is 87.2 Å². The Morgan fingerprint density at radius 3 is 2.61 bits per heavy atom. The fourth-order valence-electron chi connectivity index (χ4n) is 2.22. The Morgan fingerprint density at radius 1 is 1.26 bits per heavy atom. The van der Waals surface area contributed by atoms with E-state index in [-0.39, 0.29) is 17.0 Å². The molecule has 8 heteroatoms. The Labute approximate surface area is 140 Å². The second-order valence-corrected chi connectivity index (χ2v) is 5.50. The van der Waals surface area contributed by atoms with Crippen LogP contribution in [0.4, 0.5) is 11.4 Å². The quantitative estimate of drug-likeness (QED) is 0.669. The van der Waals surface area contributed by atoms with Gasteiger partial charge in [-0.25, -0.2) is 0 Å². The largest absolute Gasteiger partial charge is 0.503 e. The van der Waals surface area contributed by atoms with Crippen molar-refractivity contribution >= 4 is 45.5 Å². The number of ether oxygens (including phenoxy) is 1. The van der Waals surface area contributed by atoms with Gasteiger partial charge in [-0.05, 0) is 12.1 Å². The molecule has 0 aliphatic carbocycles. The lowest BCUT2D eigenvalue weighted by Gasteiger charge is -2.13. The number of phenolic OH excluding ortho intramolecular Hbond substituents is 1. The molecule has 0 fully saturated rings. The van der Waals surface area contributed by atoms with Crippen LogP contribution in [0.3, 0.4) is 0 Å². The van der Waals surface area contributed by atoms with Crippen molar-refractivity contribution in [3.05, 3.63) is 51.0 Å². The van der Waals surface area contributed by atoms with E-state index in [0.29, 0.717) is 26.8 Å². The van der Waals surface area contributed by atoms with E-state index in [1.165, 1.54) is 25.6 Å². The number of hydrogen-bond acceptors (Lipinski definition) is 5. The first kappa shape index (κ1) is 15.5.